The number of aromatic nitrogens is 2. The van der Waals surface area contributed by atoms with Crippen molar-refractivity contribution in [3.8, 4) is 0 Å². The molecule has 0 aliphatic rings. The fourth-order valence-corrected chi connectivity index (χ4v) is 2.76. The molecule has 1 unspecified atom stereocenters. The summed E-state index contributed by atoms with van der Waals surface area (Å²) in [5, 5.41) is 4.20. The molecule has 2 N–H and O–H groups in total. The molecule has 1 aromatic heterocycles. The number of nitrogens with two attached hydrogens (primary N) is 1. The molecule has 0 radical (unpaired) electrons. The Balaban J connectivity index is 2.23. The quantitative estimate of drug-likeness (QED) is 0.739. The molecule has 0 aromatic carbocycles. The van der Waals surface area contributed by atoms with Crippen molar-refractivity contribution in [3.05, 3.63) is 16.4 Å². The summed E-state index contributed by atoms with van der Waals surface area (Å²) in [6.45, 7) is 2.25. The molecule has 4 heteroatoms. The third-order valence-electron chi connectivity index (χ3n) is 3.16. The first-order chi connectivity index (χ1) is 8.16. The van der Waals surface area contributed by atoms with Crippen LogP contribution in [0.4, 0.5) is 0 Å². The lowest BCUT2D eigenvalue weighted by molar-refractivity contribution is 0.522. The van der Waals surface area contributed by atoms with E-state index in [2.05, 4.69) is 28.0 Å². The minimum Gasteiger partial charge on any atom is -0.323 e. The lowest BCUT2D eigenvalue weighted by Crippen LogP contribution is -2.15. The van der Waals surface area contributed by atoms with E-state index in [9.17, 15) is 0 Å². The van der Waals surface area contributed by atoms with E-state index in [1.807, 2.05) is 17.9 Å². The highest BCUT2D eigenvalue weighted by Crippen LogP contribution is 2.24. The Hall–Kier alpha value is -0.350. The predicted octanol–water partition coefficient (Wildman–Crippen LogP) is 3.93. The van der Waals surface area contributed by atoms with Crippen LogP contribution < -0.4 is 5.73 Å². The van der Waals surface area contributed by atoms with Crippen molar-refractivity contribution >= 4 is 15.9 Å². The maximum absolute atomic E-state index is 6.19. The van der Waals surface area contributed by atoms with Crippen LogP contribution in [0.2, 0.25) is 0 Å². The topological polar surface area (TPSA) is 43.8 Å². The number of aryl methyl sites for hydroxylation is 1. The molecule has 0 fully saturated rings. The zero-order valence-corrected chi connectivity index (χ0v) is 12.5. The summed E-state index contributed by atoms with van der Waals surface area (Å²) in [6.07, 6.45) is 10.7. The molecule has 0 bridgehead atoms. The maximum Gasteiger partial charge on any atom is 0.0690 e. The Kier molecular flexibility index (Phi) is 6.82. The van der Waals surface area contributed by atoms with Crippen LogP contribution in [0.15, 0.2) is 10.7 Å². The zero-order chi connectivity index (χ0) is 12.7. The van der Waals surface area contributed by atoms with Crippen LogP contribution >= 0.6 is 15.9 Å². The number of nitrogens with zero attached hydrogens (tertiary/aromatic N) is 2. The summed E-state index contributed by atoms with van der Waals surface area (Å²) in [5.41, 5.74) is 7.30. The van der Waals surface area contributed by atoms with Gasteiger partial charge in [0.1, 0.15) is 0 Å². The predicted molar refractivity (Wildman–Crippen MR) is 75.8 cm³/mol. The fourth-order valence-electron chi connectivity index (χ4n) is 2.12. The number of halogens is 1. The Morgan fingerprint density at radius 1 is 1.29 bits per heavy atom. The lowest BCUT2D eigenvalue weighted by Gasteiger charge is -2.12. The third-order valence-corrected chi connectivity index (χ3v) is 3.77. The van der Waals surface area contributed by atoms with Gasteiger partial charge in [-0.05, 0) is 22.4 Å². The van der Waals surface area contributed by atoms with Crippen LogP contribution in [0.3, 0.4) is 0 Å². The minimum absolute atomic E-state index is 0.100. The Labute approximate surface area is 113 Å². The van der Waals surface area contributed by atoms with E-state index in [0.29, 0.717) is 0 Å². The van der Waals surface area contributed by atoms with Gasteiger partial charge in [-0.3, -0.25) is 4.68 Å². The van der Waals surface area contributed by atoms with Gasteiger partial charge in [-0.15, -0.1) is 0 Å². The van der Waals surface area contributed by atoms with Crippen LogP contribution in [0.5, 0.6) is 0 Å². The summed E-state index contributed by atoms with van der Waals surface area (Å²) >= 11 is 3.50. The van der Waals surface area contributed by atoms with Crippen LogP contribution in [0.1, 0.15) is 63.6 Å². The monoisotopic (exact) mass is 301 g/mol. The van der Waals surface area contributed by atoms with E-state index in [1.165, 1.54) is 38.5 Å². The number of rotatable bonds is 8. The molecule has 3 nitrogen and oxygen atoms in total. The summed E-state index contributed by atoms with van der Waals surface area (Å²) in [4.78, 5) is 0. The first-order valence-corrected chi connectivity index (χ1v) is 7.39. The van der Waals surface area contributed by atoms with Gasteiger partial charge in [0, 0.05) is 13.1 Å². The second-order valence-corrected chi connectivity index (χ2v) is 5.52. The van der Waals surface area contributed by atoms with Crippen molar-refractivity contribution in [2.24, 2.45) is 12.8 Å². The second-order valence-electron chi connectivity index (χ2n) is 4.66. The Morgan fingerprint density at radius 2 is 1.94 bits per heavy atom. The molecule has 0 aliphatic heterocycles. The standard InChI is InChI=1S/C13H24BrN3/c1-3-4-5-6-7-8-9-12(15)13-11(14)10-16-17(13)2/h10,12H,3-9,15H2,1-2H3. The van der Waals surface area contributed by atoms with Crippen molar-refractivity contribution in [2.75, 3.05) is 0 Å². The molecular formula is C13H24BrN3. The summed E-state index contributed by atoms with van der Waals surface area (Å²) in [7, 11) is 1.95. The van der Waals surface area contributed by atoms with Gasteiger partial charge in [-0.1, -0.05) is 45.4 Å². The second kappa shape index (κ2) is 7.88. The summed E-state index contributed by atoms with van der Waals surface area (Å²) < 4.78 is 2.89. The average Bonchev–Trinajstić information content (AvgIpc) is 2.63. The lowest BCUT2D eigenvalue weighted by atomic mass is 10.0. The van der Waals surface area contributed by atoms with Crippen LogP contribution in [-0.2, 0) is 7.05 Å². The highest BCUT2D eigenvalue weighted by molar-refractivity contribution is 9.10. The molecule has 0 saturated carbocycles. The molecule has 0 amide bonds. The highest BCUT2D eigenvalue weighted by atomic mass is 79.9. The van der Waals surface area contributed by atoms with Crippen molar-refractivity contribution in [2.45, 2.75) is 57.9 Å². The first kappa shape index (κ1) is 14.7. The molecule has 0 spiro atoms. The van der Waals surface area contributed by atoms with Gasteiger partial charge in [0.05, 0.1) is 16.4 Å². The molecular weight excluding hydrogens is 278 g/mol. The van der Waals surface area contributed by atoms with Gasteiger partial charge in [0.2, 0.25) is 0 Å². The number of hydrogen-bond donors (Lipinski definition) is 1. The molecule has 1 aromatic rings. The van der Waals surface area contributed by atoms with Gasteiger partial charge in [-0.25, -0.2) is 0 Å². The zero-order valence-electron chi connectivity index (χ0n) is 11.0. The van der Waals surface area contributed by atoms with Crippen molar-refractivity contribution in [3.63, 3.8) is 0 Å². The minimum atomic E-state index is 0.100. The summed E-state index contributed by atoms with van der Waals surface area (Å²) in [6, 6.07) is 0.100. The van der Waals surface area contributed by atoms with E-state index in [1.54, 1.807) is 0 Å². The molecule has 0 saturated heterocycles. The van der Waals surface area contributed by atoms with Gasteiger partial charge in [0.25, 0.3) is 0 Å². The maximum atomic E-state index is 6.19. The molecule has 1 heterocycles. The van der Waals surface area contributed by atoms with Gasteiger partial charge in [0.15, 0.2) is 0 Å². The molecule has 1 atom stereocenters. The van der Waals surface area contributed by atoms with E-state index in [-0.39, 0.29) is 6.04 Å². The SMILES string of the molecule is CCCCCCCCC(N)c1c(Br)cnn1C. The molecule has 0 aliphatic carbocycles. The van der Waals surface area contributed by atoms with Gasteiger partial charge < -0.3 is 5.73 Å². The number of hydrogen-bond acceptors (Lipinski definition) is 2. The van der Waals surface area contributed by atoms with Gasteiger partial charge >= 0.3 is 0 Å². The molecule has 17 heavy (non-hydrogen) atoms. The van der Waals surface area contributed by atoms with E-state index in [0.717, 1.165) is 16.6 Å². The third kappa shape index (κ3) is 4.80. The smallest absolute Gasteiger partial charge is 0.0690 e. The Morgan fingerprint density at radius 3 is 2.53 bits per heavy atom. The normalized spacial score (nSPS) is 12.9. The van der Waals surface area contributed by atoms with Crippen LogP contribution in [0.25, 0.3) is 0 Å². The summed E-state index contributed by atoms with van der Waals surface area (Å²) in [5.74, 6) is 0. The Bertz CT molecular complexity index is 303. The fraction of sp³-hybridized carbons (Fsp3) is 0.769. The van der Waals surface area contributed by atoms with Gasteiger partial charge in [-0.2, -0.15) is 5.10 Å². The van der Waals surface area contributed by atoms with Crippen molar-refractivity contribution in [1.29, 1.82) is 0 Å². The van der Waals surface area contributed by atoms with E-state index >= 15 is 0 Å². The van der Waals surface area contributed by atoms with Crippen molar-refractivity contribution in [1.82, 2.24) is 9.78 Å². The van der Waals surface area contributed by atoms with E-state index in [4.69, 9.17) is 5.73 Å². The molecule has 98 valence electrons. The largest absolute Gasteiger partial charge is 0.323 e. The van der Waals surface area contributed by atoms with E-state index < -0.39 is 0 Å². The van der Waals surface area contributed by atoms with Crippen LogP contribution in [0, 0.1) is 0 Å². The first-order valence-electron chi connectivity index (χ1n) is 6.59. The number of unbranched alkanes of at least 4 members (excludes halogenated alkanes) is 5. The van der Waals surface area contributed by atoms with Crippen molar-refractivity contribution < 1.29 is 0 Å². The van der Waals surface area contributed by atoms with Crippen LogP contribution in [-0.4, -0.2) is 9.78 Å². The average molecular weight is 302 g/mol. The highest BCUT2D eigenvalue weighted by Gasteiger charge is 2.13. The molecule has 1 rings (SSSR count).